The molecule has 6 nitrogen and oxygen atoms in total. The van der Waals surface area contributed by atoms with Crippen LogP contribution in [0.4, 0.5) is 5.69 Å². The molecule has 2 aromatic rings. The molecule has 0 spiro atoms. The highest BCUT2D eigenvalue weighted by Gasteiger charge is 2.29. The minimum absolute atomic E-state index is 0.279. The van der Waals surface area contributed by atoms with Gasteiger partial charge in [-0.15, -0.1) is 0 Å². The van der Waals surface area contributed by atoms with Gasteiger partial charge >= 0.3 is 0 Å². The molecule has 2 aromatic carbocycles. The second-order valence-electron chi connectivity index (χ2n) is 7.42. The number of nitrogens with zero attached hydrogens (tertiary/aromatic N) is 1. The molecule has 158 valence electrons. The number of ether oxygens (including phenoxy) is 1. The van der Waals surface area contributed by atoms with Crippen LogP contribution in [0.25, 0.3) is 0 Å². The van der Waals surface area contributed by atoms with Gasteiger partial charge in [0.2, 0.25) is 15.9 Å². The molecule has 29 heavy (non-hydrogen) atoms. The van der Waals surface area contributed by atoms with Crippen molar-refractivity contribution < 1.29 is 17.9 Å². The van der Waals surface area contributed by atoms with E-state index in [-0.39, 0.29) is 12.5 Å². The van der Waals surface area contributed by atoms with Crippen molar-refractivity contribution in [2.24, 2.45) is 0 Å². The number of sulfonamides is 1. The molecule has 2 rings (SSSR count). The zero-order valence-electron chi connectivity index (χ0n) is 17.9. The molecular formula is C22H30N2O4S. The highest BCUT2D eigenvalue weighted by Crippen LogP contribution is 2.24. The molecule has 0 aliphatic carbocycles. The quantitative estimate of drug-likeness (QED) is 0.668. The third kappa shape index (κ3) is 5.97. The van der Waals surface area contributed by atoms with E-state index in [2.05, 4.69) is 5.32 Å². The summed E-state index contributed by atoms with van der Waals surface area (Å²) in [7, 11) is -3.64. The molecular weight excluding hydrogens is 388 g/mol. The van der Waals surface area contributed by atoms with Crippen LogP contribution < -0.4 is 14.4 Å². The Morgan fingerprint density at radius 1 is 1.10 bits per heavy atom. The van der Waals surface area contributed by atoms with E-state index >= 15 is 0 Å². The largest absolute Gasteiger partial charge is 0.491 e. The van der Waals surface area contributed by atoms with E-state index < -0.39 is 16.1 Å². The maximum Gasteiger partial charge on any atom is 0.243 e. The maximum atomic E-state index is 12.6. The van der Waals surface area contributed by atoms with Crippen LogP contribution in [0.3, 0.4) is 0 Å². The van der Waals surface area contributed by atoms with E-state index in [1.165, 1.54) is 0 Å². The third-order valence-corrected chi connectivity index (χ3v) is 6.00. The molecule has 7 heteroatoms. The van der Waals surface area contributed by atoms with Crippen molar-refractivity contribution in [3.8, 4) is 5.75 Å². The molecule has 1 amide bonds. The zero-order chi connectivity index (χ0) is 21.8. The Morgan fingerprint density at radius 2 is 1.72 bits per heavy atom. The first-order valence-electron chi connectivity index (χ1n) is 9.55. The van der Waals surface area contributed by atoms with Crippen molar-refractivity contribution in [1.29, 1.82) is 0 Å². The minimum Gasteiger partial charge on any atom is -0.491 e. The topological polar surface area (TPSA) is 75.7 Å². The first-order chi connectivity index (χ1) is 13.5. The molecule has 0 aliphatic heterocycles. The summed E-state index contributed by atoms with van der Waals surface area (Å²) in [5.41, 5.74) is 4.55. The van der Waals surface area contributed by atoms with E-state index in [9.17, 15) is 13.2 Å². The SMILES string of the molecule is Cc1cc(C)cc(N([C@H](C)C(=O)NCCOc2cccc(C)c2C)S(C)(=O)=O)c1. The maximum absolute atomic E-state index is 12.6. The zero-order valence-corrected chi connectivity index (χ0v) is 18.8. The lowest BCUT2D eigenvalue weighted by Crippen LogP contribution is -2.48. The number of carbonyl (C=O) groups is 1. The van der Waals surface area contributed by atoms with Gasteiger partial charge in [0.1, 0.15) is 18.4 Å². The van der Waals surface area contributed by atoms with Gasteiger partial charge in [0.05, 0.1) is 18.5 Å². The van der Waals surface area contributed by atoms with Gasteiger partial charge in [-0.1, -0.05) is 18.2 Å². The van der Waals surface area contributed by atoms with Crippen LogP contribution in [0.1, 0.15) is 29.2 Å². The Hall–Kier alpha value is -2.54. The summed E-state index contributed by atoms with van der Waals surface area (Å²) in [6, 6.07) is 10.4. The monoisotopic (exact) mass is 418 g/mol. The van der Waals surface area contributed by atoms with Crippen LogP contribution >= 0.6 is 0 Å². The van der Waals surface area contributed by atoms with Crippen molar-refractivity contribution in [1.82, 2.24) is 5.32 Å². The van der Waals surface area contributed by atoms with E-state index in [1.54, 1.807) is 19.1 Å². The molecule has 0 bridgehead atoms. The van der Waals surface area contributed by atoms with Crippen LogP contribution in [0.15, 0.2) is 36.4 Å². The van der Waals surface area contributed by atoms with Crippen LogP contribution in [-0.2, 0) is 14.8 Å². The fourth-order valence-electron chi connectivity index (χ4n) is 3.25. The minimum atomic E-state index is -3.64. The molecule has 0 heterocycles. The first kappa shape index (κ1) is 22.7. The number of amides is 1. The second-order valence-corrected chi connectivity index (χ2v) is 9.28. The Morgan fingerprint density at radius 3 is 2.31 bits per heavy atom. The van der Waals surface area contributed by atoms with E-state index in [0.717, 1.165) is 38.6 Å². The summed E-state index contributed by atoms with van der Waals surface area (Å²) in [5.74, 6) is 0.402. The first-order valence-corrected chi connectivity index (χ1v) is 11.4. The predicted molar refractivity (Wildman–Crippen MR) is 117 cm³/mol. The Bertz CT molecular complexity index is 966. The Balaban J connectivity index is 2.05. The summed E-state index contributed by atoms with van der Waals surface area (Å²) in [5, 5.41) is 2.77. The van der Waals surface area contributed by atoms with Crippen molar-refractivity contribution >= 4 is 21.6 Å². The van der Waals surface area contributed by atoms with Gasteiger partial charge in [-0.2, -0.15) is 0 Å². The standard InChI is InChI=1S/C22H30N2O4S/c1-15-12-16(2)14-20(13-15)24(29(6,26)27)19(5)22(25)23-10-11-28-21-9-7-8-17(3)18(21)4/h7-9,12-14,19H,10-11H2,1-6H3,(H,23,25)/t19-/m1/s1. The fourth-order valence-corrected chi connectivity index (χ4v) is 4.41. The van der Waals surface area contributed by atoms with Crippen LogP contribution in [0, 0.1) is 27.7 Å². The number of hydrogen-bond acceptors (Lipinski definition) is 4. The average Bonchev–Trinajstić information content (AvgIpc) is 2.60. The number of anilines is 1. The molecule has 0 aliphatic rings. The van der Waals surface area contributed by atoms with Crippen molar-refractivity contribution in [3.63, 3.8) is 0 Å². The fraction of sp³-hybridized carbons (Fsp3) is 0.409. The van der Waals surface area contributed by atoms with Crippen molar-refractivity contribution in [3.05, 3.63) is 58.7 Å². The Kier molecular flexibility index (Phi) is 7.30. The number of hydrogen-bond donors (Lipinski definition) is 1. The molecule has 1 N–H and O–H groups in total. The second kappa shape index (κ2) is 9.31. The Labute approximate surface area is 173 Å². The molecule has 0 fully saturated rings. The molecule has 0 saturated carbocycles. The lowest BCUT2D eigenvalue weighted by atomic mass is 10.1. The predicted octanol–water partition coefficient (Wildman–Crippen LogP) is 3.27. The van der Waals surface area contributed by atoms with Crippen molar-refractivity contribution in [2.75, 3.05) is 23.7 Å². The average molecular weight is 419 g/mol. The summed E-state index contributed by atoms with van der Waals surface area (Å²) in [6.07, 6.45) is 1.11. The normalized spacial score (nSPS) is 12.3. The van der Waals surface area contributed by atoms with Gasteiger partial charge in [0.15, 0.2) is 0 Å². The van der Waals surface area contributed by atoms with E-state index in [0.29, 0.717) is 12.3 Å². The van der Waals surface area contributed by atoms with Gasteiger partial charge < -0.3 is 10.1 Å². The smallest absolute Gasteiger partial charge is 0.243 e. The van der Waals surface area contributed by atoms with E-state index in [1.807, 2.05) is 52.0 Å². The summed E-state index contributed by atoms with van der Waals surface area (Å²) in [6.45, 7) is 9.95. The highest BCUT2D eigenvalue weighted by molar-refractivity contribution is 7.92. The van der Waals surface area contributed by atoms with Crippen LogP contribution in [0.5, 0.6) is 5.75 Å². The van der Waals surface area contributed by atoms with Gasteiger partial charge in [0.25, 0.3) is 0 Å². The number of rotatable bonds is 8. The van der Waals surface area contributed by atoms with E-state index in [4.69, 9.17) is 4.74 Å². The lowest BCUT2D eigenvalue weighted by molar-refractivity contribution is -0.121. The van der Waals surface area contributed by atoms with Gasteiger partial charge in [-0.3, -0.25) is 9.10 Å². The highest BCUT2D eigenvalue weighted by atomic mass is 32.2. The number of aryl methyl sites for hydroxylation is 3. The molecule has 1 atom stereocenters. The molecule has 0 radical (unpaired) electrons. The van der Waals surface area contributed by atoms with Gasteiger partial charge in [0, 0.05) is 0 Å². The third-order valence-electron chi connectivity index (χ3n) is 4.76. The number of carbonyl (C=O) groups excluding carboxylic acids is 1. The van der Waals surface area contributed by atoms with Crippen molar-refractivity contribution in [2.45, 2.75) is 40.7 Å². The summed E-state index contributed by atoms with van der Waals surface area (Å²) < 4.78 is 31.7. The lowest BCUT2D eigenvalue weighted by Gasteiger charge is -2.28. The van der Waals surface area contributed by atoms with Gasteiger partial charge in [-0.05, 0) is 75.1 Å². The number of nitrogens with one attached hydrogen (secondary N) is 1. The van der Waals surface area contributed by atoms with Crippen LogP contribution in [-0.4, -0.2) is 39.8 Å². The summed E-state index contributed by atoms with van der Waals surface area (Å²) >= 11 is 0. The summed E-state index contributed by atoms with van der Waals surface area (Å²) in [4.78, 5) is 12.6. The number of benzene rings is 2. The molecule has 0 saturated heterocycles. The molecule has 0 unspecified atom stereocenters. The molecule has 0 aromatic heterocycles. The van der Waals surface area contributed by atoms with Gasteiger partial charge in [-0.25, -0.2) is 8.42 Å². The van der Waals surface area contributed by atoms with Crippen LogP contribution in [0.2, 0.25) is 0 Å².